The zero-order valence-electron chi connectivity index (χ0n) is 21.1. The Bertz CT molecular complexity index is 1280. The minimum absolute atomic E-state index is 0.183. The molecule has 0 amide bonds. The highest BCUT2D eigenvalue weighted by Crippen LogP contribution is 2.44. The van der Waals surface area contributed by atoms with Gasteiger partial charge in [-0.15, -0.1) is 11.3 Å². The first-order chi connectivity index (χ1) is 17.9. The van der Waals surface area contributed by atoms with Crippen LogP contribution in [-0.2, 0) is 4.74 Å². The molecule has 4 atom stereocenters. The van der Waals surface area contributed by atoms with Gasteiger partial charge in [0.1, 0.15) is 22.4 Å². The third kappa shape index (κ3) is 4.79. The summed E-state index contributed by atoms with van der Waals surface area (Å²) in [6.07, 6.45) is 4.94. The molecule has 3 heterocycles. The highest BCUT2D eigenvalue weighted by Gasteiger charge is 2.42. The minimum Gasteiger partial charge on any atom is -0.396 e. The fraction of sp³-hybridized carbons (Fsp3) is 0.615. The molecule has 3 aromatic heterocycles. The summed E-state index contributed by atoms with van der Waals surface area (Å²) >= 11 is 1.58. The summed E-state index contributed by atoms with van der Waals surface area (Å²) in [6, 6.07) is 1.54. The van der Waals surface area contributed by atoms with E-state index in [1.807, 2.05) is 19.2 Å². The topological polar surface area (TPSA) is 146 Å². The number of aromatic nitrogens is 4. The first kappa shape index (κ1) is 24.9. The number of aliphatic hydroxyl groups is 3. The minimum atomic E-state index is -1.02. The van der Waals surface area contributed by atoms with Crippen LogP contribution in [0, 0.1) is 18.8 Å². The fourth-order valence-corrected chi connectivity index (χ4v) is 6.61. The van der Waals surface area contributed by atoms with E-state index in [2.05, 4.69) is 15.6 Å². The predicted molar refractivity (Wildman–Crippen MR) is 142 cm³/mol. The molecule has 3 aliphatic rings. The summed E-state index contributed by atoms with van der Waals surface area (Å²) in [6.45, 7) is 2.52. The molecule has 0 spiro atoms. The maximum absolute atomic E-state index is 10.7. The van der Waals surface area contributed by atoms with Crippen LogP contribution in [0.4, 0.5) is 11.8 Å². The second-order valence-corrected chi connectivity index (χ2v) is 11.7. The zero-order chi connectivity index (χ0) is 25.7. The number of fused-ring (bicyclic) bond motifs is 1. The number of anilines is 2. The van der Waals surface area contributed by atoms with Crippen molar-refractivity contribution >= 4 is 33.3 Å². The molecular weight excluding hydrogens is 492 g/mol. The van der Waals surface area contributed by atoms with Gasteiger partial charge in [-0.1, -0.05) is 0 Å². The van der Waals surface area contributed by atoms with E-state index in [-0.39, 0.29) is 6.61 Å². The largest absolute Gasteiger partial charge is 0.396 e. The Balaban J connectivity index is 1.34. The smallest absolute Gasteiger partial charge is 0.224 e. The van der Waals surface area contributed by atoms with Crippen molar-refractivity contribution in [3.8, 4) is 10.6 Å². The van der Waals surface area contributed by atoms with Crippen LogP contribution < -0.4 is 10.6 Å². The van der Waals surface area contributed by atoms with Crippen molar-refractivity contribution in [3.05, 3.63) is 23.7 Å². The van der Waals surface area contributed by atoms with E-state index in [1.165, 1.54) is 0 Å². The van der Waals surface area contributed by atoms with Gasteiger partial charge < -0.3 is 30.7 Å². The van der Waals surface area contributed by atoms with Crippen LogP contribution in [0.2, 0.25) is 0 Å². The summed E-state index contributed by atoms with van der Waals surface area (Å²) in [5, 5.41) is 38.3. The van der Waals surface area contributed by atoms with Crippen LogP contribution in [0.1, 0.15) is 49.4 Å². The van der Waals surface area contributed by atoms with Gasteiger partial charge >= 0.3 is 0 Å². The molecular formula is C26H34N6O4S. The first-order valence-electron chi connectivity index (χ1n) is 13.1. The average Bonchev–Trinajstić information content (AvgIpc) is 3.56. The van der Waals surface area contributed by atoms with Crippen LogP contribution in [0.5, 0.6) is 0 Å². The summed E-state index contributed by atoms with van der Waals surface area (Å²) in [5.41, 5.74) is 3.55. The van der Waals surface area contributed by atoms with Crippen LogP contribution in [-0.4, -0.2) is 79.9 Å². The number of nitrogens with one attached hydrogen (secondary N) is 2. The number of hydrogen-bond acceptors (Lipinski definition) is 11. The SMILES string of the molecule is CO[C@H]1C[C@@H](CNc2nc(C)c(-c3nc4c(C5CC5)nccc4s3)c(N[C@@H]3C[C@H](CO)[C@@H](O)[C@H]3O)n2)C1. The Labute approximate surface area is 219 Å². The van der Waals surface area contributed by atoms with Gasteiger partial charge in [-0.05, 0) is 51.0 Å². The second-order valence-electron chi connectivity index (χ2n) is 10.7. The zero-order valence-corrected chi connectivity index (χ0v) is 21.9. The number of nitrogens with zero attached hydrogens (tertiary/aromatic N) is 4. The van der Waals surface area contributed by atoms with E-state index in [4.69, 9.17) is 19.7 Å². The number of thiazole rings is 1. The molecule has 37 heavy (non-hydrogen) atoms. The number of aliphatic hydroxyl groups excluding tert-OH is 3. The highest BCUT2D eigenvalue weighted by molar-refractivity contribution is 7.21. The first-order valence-corrected chi connectivity index (χ1v) is 13.9. The summed E-state index contributed by atoms with van der Waals surface area (Å²) < 4.78 is 6.47. The average molecular weight is 527 g/mol. The Hall–Kier alpha value is -2.44. The highest BCUT2D eigenvalue weighted by atomic mass is 32.1. The molecule has 3 aliphatic carbocycles. The van der Waals surface area contributed by atoms with Gasteiger partial charge in [-0.25, -0.2) is 9.97 Å². The lowest BCUT2D eigenvalue weighted by Gasteiger charge is -2.34. The maximum Gasteiger partial charge on any atom is 0.224 e. The van der Waals surface area contributed by atoms with Crippen molar-refractivity contribution in [1.29, 1.82) is 0 Å². The fourth-order valence-electron chi connectivity index (χ4n) is 5.54. The lowest BCUT2D eigenvalue weighted by atomic mass is 9.82. The standard InChI is InChI=1S/C26H34N6O4S/c1-12-19(25-31-21-18(37-25)5-6-27-20(21)14-3-4-14)24(30-17-9-15(11-33)22(34)23(17)35)32-26(29-12)28-10-13-7-16(8-13)36-2/h5-6,13-17,22-23,33-35H,3-4,7-11H2,1-2H3,(H2,28,29,30,32)/t13-,15-,16+,17-,22-,23+/m1/s1. The Morgan fingerprint density at radius 1 is 1.11 bits per heavy atom. The van der Waals surface area contributed by atoms with Crippen LogP contribution in [0.15, 0.2) is 12.3 Å². The molecule has 0 radical (unpaired) electrons. The Kier molecular flexibility index (Phi) is 6.74. The molecule has 0 aromatic carbocycles. The predicted octanol–water partition coefficient (Wildman–Crippen LogP) is 2.69. The number of pyridine rings is 1. The van der Waals surface area contributed by atoms with Crippen molar-refractivity contribution in [3.63, 3.8) is 0 Å². The van der Waals surface area contributed by atoms with Crippen molar-refractivity contribution in [2.75, 3.05) is 30.9 Å². The van der Waals surface area contributed by atoms with Crippen molar-refractivity contribution < 1.29 is 20.1 Å². The van der Waals surface area contributed by atoms with E-state index in [0.29, 0.717) is 36.1 Å². The van der Waals surface area contributed by atoms with E-state index in [9.17, 15) is 15.3 Å². The normalized spacial score (nSPS) is 29.4. The Morgan fingerprint density at radius 3 is 2.62 bits per heavy atom. The number of methoxy groups -OCH3 is 1. The van der Waals surface area contributed by atoms with Crippen LogP contribution in [0.3, 0.4) is 0 Å². The molecule has 0 bridgehead atoms. The quantitative estimate of drug-likeness (QED) is 0.282. The molecule has 6 rings (SSSR count). The molecule has 3 saturated carbocycles. The molecule has 0 unspecified atom stereocenters. The lowest BCUT2D eigenvalue weighted by molar-refractivity contribution is 0.00444. The molecule has 198 valence electrons. The molecule has 0 saturated heterocycles. The summed E-state index contributed by atoms with van der Waals surface area (Å²) in [4.78, 5) is 19.2. The Morgan fingerprint density at radius 2 is 1.92 bits per heavy atom. The van der Waals surface area contributed by atoms with Gasteiger partial charge in [0.15, 0.2) is 0 Å². The molecule has 0 aliphatic heterocycles. The number of ether oxygens (including phenoxy) is 1. The van der Waals surface area contributed by atoms with Gasteiger partial charge in [0.05, 0.1) is 39.9 Å². The van der Waals surface area contributed by atoms with Gasteiger partial charge in [0, 0.05) is 38.3 Å². The molecule has 11 heteroatoms. The van der Waals surface area contributed by atoms with Crippen LogP contribution in [0.25, 0.3) is 20.8 Å². The van der Waals surface area contributed by atoms with E-state index < -0.39 is 24.2 Å². The van der Waals surface area contributed by atoms with E-state index in [0.717, 1.165) is 64.4 Å². The maximum atomic E-state index is 10.7. The summed E-state index contributed by atoms with van der Waals surface area (Å²) in [7, 11) is 1.75. The number of rotatable bonds is 9. The lowest BCUT2D eigenvalue weighted by Crippen LogP contribution is -2.36. The van der Waals surface area contributed by atoms with Crippen LogP contribution >= 0.6 is 11.3 Å². The molecule has 3 fully saturated rings. The van der Waals surface area contributed by atoms with Crippen molar-refractivity contribution in [2.45, 2.75) is 69.3 Å². The van der Waals surface area contributed by atoms with E-state index in [1.54, 1.807) is 18.4 Å². The monoisotopic (exact) mass is 526 g/mol. The van der Waals surface area contributed by atoms with Gasteiger partial charge in [-0.3, -0.25) is 4.98 Å². The van der Waals surface area contributed by atoms with E-state index >= 15 is 0 Å². The molecule has 5 N–H and O–H groups in total. The molecule has 10 nitrogen and oxygen atoms in total. The van der Waals surface area contributed by atoms with Gasteiger partial charge in [0.2, 0.25) is 5.95 Å². The van der Waals surface area contributed by atoms with Gasteiger partial charge in [0.25, 0.3) is 0 Å². The van der Waals surface area contributed by atoms with Gasteiger partial charge in [-0.2, -0.15) is 4.98 Å². The second kappa shape index (κ2) is 10.0. The van der Waals surface area contributed by atoms with Crippen molar-refractivity contribution in [1.82, 2.24) is 19.9 Å². The van der Waals surface area contributed by atoms with Crippen molar-refractivity contribution in [2.24, 2.45) is 11.8 Å². The summed E-state index contributed by atoms with van der Waals surface area (Å²) in [5.74, 6) is 1.68. The number of aryl methyl sites for hydroxylation is 1. The molecule has 3 aromatic rings. The third-order valence-corrected chi connectivity index (χ3v) is 9.07. The third-order valence-electron chi connectivity index (χ3n) is 8.04. The number of hydrogen-bond donors (Lipinski definition) is 5.